The summed E-state index contributed by atoms with van der Waals surface area (Å²) >= 11 is 0. The lowest BCUT2D eigenvalue weighted by atomic mass is 9.93. The molecular formula is C15H25N3O. The molecule has 2 fully saturated rings. The number of piperidine rings is 1. The molecule has 0 bridgehead atoms. The summed E-state index contributed by atoms with van der Waals surface area (Å²) in [6.45, 7) is 3.29. The van der Waals surface area contributed by atoms with E-state index < -0.39 is 0 Å². The molecule has 2 unspecified atom stereocenters. The average molecular weight is 263 g/mol. The van der Waals surface area contributed by atoms with E-state index in [4.69, 9.17) is 9.51 Å². The topological polar surface area (TPSA) is 51.0 Å². The maximum Gasteiger partial charge on any atom is 0.229 e. The SMILES string of the molecule is CC1CC(c2nc(C3CCCCCC3)no2)CCN1. The van der Waals surface area contributed by atoms with Gasteiger partial charge in [0.2, 0.25) is 5.89 Å². The van der Waals surface area contributed by atoms with Crippen molar-refractivity contribution in [2.45, 2.75) is 76.2 Å². The molecule has 0 radical (unpaired) electrons. The second-order valence-electron chi connectivity index (χ2n) is 6.26. The lowest BCUT2D eigenvalue weighted by Gasteiger charge is -2.25. The van der Waals surface area contributed by atoms with Gasteiger partial charge < -0.3 is 9.84 Å². The van der Waals surface area contributed by atoms with E-state index in [1.54, 1.807) is 0 Å². The van der Waals surface area contributed by atoms with Crippen molar-refractivity contribution in [3.05, 3.63) is 11.7 Å². The molecule has 1 saturated heterocycles. The van der Waals surface area contributed by atoms with E-state index >= 15 is 0 Å². The third-order valence-electron chi connectivity index (χ3n) is 4.65. The third kappa shape index (κ3) is 3.16. The van der Waals surface area contributed by atoms with Crippen LogP contribution in [-0.4, -0.2) is 22.7 Å². The average Bonchev–Trinajstić information content (AvgIpc) is 2.75. The first-order chi connectivity index (χ1) is 9.33. The Morgan fingerprint density at radius 1 is 1.05 bits per heavy atom. The summed E-state index contributed by atoms with van der Waals surface area (Å²) < 4.78 is 5.56. The minimum absolute atomic E-state index is 0.461. The first kappa shape index (κ1) is 13.1. The smallest absolute Gasteiger partial charge is 0.229 e. The third-order valence-corrected chi connectivity index (χ3v) is 4.65. The van der Waals surface area contributed by atoms with Gasteiger partial charge in [-0.15, -0.1) is 0 Å². The number of hydrogen-bond donors (Lipinski definition) is 1. The molecule has 4 heteroatoms. The highest BCUT2D eigenvalue weighted by molar-refractivity contribution is 5.01. The summed E-state index contributed by atoms with van der Waals surface area (Å²) in [5, 5.41) is 7.75. The van der Waals surface area contributed by atoms with Crippen molar-refractivity contribution < 1.29 is 4.52 Å². The summed E-state index contributed by atoms with van der Waals surface area (Å²) in [5.74, 6) is 2.86. The molecule has 106 valence electrons. The van der Waals surface area contributed by atoms with Gasteiger partial charge in [0.15, 0.2) is 5.82 Å². The molecule has 1 N–H and O–H groups in total. The van der Waals surface area contributed by atoms with Gasteiger partial charge >= 0.3 is 0 Å². The Morgan fingerprint density at radius 2 is 1.84 bits per heavy atom. The maximum atomic E-state index is 5.56. The van der Waals surface area contributed by atoms with E-state index in [0.717, 1.165) is 31.1 Å². The zero-order valence-electron chi connectivity index (χ0n) is 11.9. The van der Waals surface area contributed by atoms with E-state index in [9.17, 15) is 0 Å². The number of hydrogen-bond acceptors (Lipinski definition) is 4. The molecule has 2 aliphatic rings. The molecule has 1 aromatic heterocycles. The van der Waals surface area contributed by atoms with E-state index in [-0.39, 0.29) is 0 Å². The van der Waals surface area contributed by atoms with Crippen LogP contribution in [0, 0.1) is 0 Å². The second kappa shape index (κ2) is 6.04. The normalized spacial score (nSPS) is 30.2. The number of aromatic nitrogens is 2. The van der Waals surface area contributed by atoms with Gasteiger partial charge in [-0.1, -0.05) is 30.8 Å². The predicted molar refractivity (Wildman–Crippen MR) is 74.2 cm³/mol. The van der Waals surface area contributed by atoms with Crippen LogP contribution in [0.1, 0.15) is 81.8 Å². The zero-order chi connectivity index (χ0) is 13.1. The molecule has 19 heavy (non-hydrogen) atoms. The van der Waals surface area contributed by atoms with Crippen LogP contribution in [0.2, 0.25) is 0 Å². The maximum absolute atomic E-state index is 5.56. The van der Waals surface area contributed by atoms with Crippen LogP contribution >= 0.6 is 0 Å². The highest BCUT2D eigenvalue weighted by atomic mass is 16.5. The molecule has 3 rings (SSSR count). The fourth-order valence-electron chi connectivity index (χ4n) is 3.47. The number of nitrogens with one attached hydrogen (secondary N) is 1. The Morgan fingerprint density at radius 3 is 2.58 bits per heavy atom. The van der Waals surface area contributed by atoms with Gasteiger partial charge in [-0.25, -0.2) is 0 Å². The Bertz CT molecular complexity index is 379. The van der Waals surface area contributed by atoms with Crippen LogP contribution < -0.4 is 5.32 Å². The fraction of sp³-hybridized carbons (Fsp3) is 0.867. The summed E-state index contributed by atoms with van der Waals surface area (Å²) in [6.07, 6.45) is 10.1. The van der Waals surface area contributed by atoms with Gasteiger partial charge in [-0.3, -0.25) is 0 Å². The first-order valence-electron chi connectivity index (χ1n) is 7.90. The van der Waals surface area contributed by atoms with Gasteiger partial charge in [-0.05, 0) is 39.2 Å². The standard InChI is InChI=1S/C15H25N3O/c1-11-10-13(8-9-16-11)15-17-14(18-19-15)12-6-4-2-3-5-7-12/h11-13,16H,2-10H2,1H3. The molecule has 2 heterocycles. The van der Waals surface area contributed by atoms with Crippen LogP contribution in [0.4, 0.5) is 0 Å². The largest absolute Gasteiger partial charge is 0.339 e. The monoisotopic (exact) mass is 263 g/mol. The van der Waals surface area contributed by atoms with E-state index in [0.29, 0.717) is 17.9 Å². The van der Waals surface area contributed by atoms with Crippen LogP contribution in [0.15, 0.2) is 4.52 Å². The van der Waals surface area contributed by atoms with Crippen LogP contribution in [-0.2, 0) is 0 Å². The van der Waals surface area contributed by atoms with Crippen molar-refractivity contribution in [1.29, 1.82) is 0 Å². The van der Waals surface area contributed by atoms with E-state index in [1.165, 1.54) is 38.5 Å². The Hall–Kier alpha value is -0.900. The van der Waals surface area contributed by atoms with E-state index in [1.807, 2.05) is 0 Å². The molecule has 2 atom stereocenters. The molecule has 1 aromatic rings. The van der Waals surface area contributed by atoms with Crippen LogP contribution in [0.25, 0.3) is 0 Å². The van der Waals surface area contributed by atoms with Gasteiger partial charge in [-0.2, -0.15) is 4.98 Å². The summed E-state index contributed by atoms with van der Waals surface area (Å²) in [7, 11) is 0. The zero-order valence-corrected chi connectivity index (χ0v) is 11.9. The summed E-state index contributed by atoms with van der Waals surface area (Å²) in [5.41, 5.74) is 0. The Kier molecular flexibility index (Phi) is 4.16. The number of rotatable bonds is 2. The van der Waals surface area contributed by atoms with Crippen molar-refractivity contribution in [1.82, 2.24) is 15.5 Å². The molecule has 0 amide bonds. The highest BCUT2D eigenvalue weighted by Crippen LogP contribution is 2.32. The summed E-state index contributed by atoms with van der Waals surface area (Å²) in [6, 6.07) is 0.562. The van der Waals surface area contributed by atoms with Crippen molar-refractivity contribution in [2.24, 2.45) is 0 Å². The van der Waals surface area contributed by atoms with Crippen LogP contribution in [0.3, 0.4) is 0 Å². The van der Waals surface area contributed by atoms with Gasteiger partial charge in [0, 0.05) is 17.9 Å². The Balaban J connectivity index is 1.68. The van der Waals surface area contributed by atoms with Crippen molar-refractivity contribution in [3.63, 3.8) is 0 Å². The van der Waals surface area contributed by atoms with Gasteiger partial charge in [0.05, 0.1) is 0 Å². The van der Waals surface area contributed by atoms with Crippen LogP contribution in [0.5, 0.6) is 0 Å². The van der Waals surface area contributed by atoms with Crippen molar-refractivity contribution >= 4 is 0 Å². The number of nitrogens with zero attached hydrogens (tertiary/aromatic N) is 2. The van der Waals surface area contributed by atoms with Crippen molar-refractivity contribution in [3.8, 4) is 0 Å². The predicted octanol–water partition coefficient (Wildman–Crippen LogP) is 3.36. The lowest BCUT2D eigenvalue weighted by Crippen LogP contribution is -2.34. The quantitative estimate of drug-likeness (QED) is 0.831. The molecule has 0 aromatic carbocycles. The Labute approximate surface area is 115 Å². The highest BCUT2D eigenvalue weighted by Gasteiger charge is 2.27. The molecular weight excluding hydrogens is 238 g/mol. The second-order valence-corrected chi connectivity index (χ2v) is 6.26. The minimum atomic E-state index is 0.461. The van der Waals surface area contributed by atoms with E-state index in [2.05, 4.69) is 17.4 Å². The van der Waals surface area contributed by atoms with Gasteiger partial charge in [0.1, 0.15) is 0 Å². The summed E-state index contributed by atoms with van der Waals surface area (Å²) in [4.78, 5) is 4.73. The molecule has 1 saturated carbocycles. The molecule has 1 aliphatic heterocycles. The molecule has 4 nitrogen and oxygen atoms in total. The first-order valence-corrected chi connectivity index (χ1v) is 7.90. The minimum Gasteiger partial charge on any atom is -0.339 e. The molecule has 1 aliphatic carbocycles. The molecule has 0 spiro atoms. The van der Waals surface area contributed by atoms with Gasteiger partial charge in [0.25, 0.3) is 0 Å². The van der Waals surface area contributed by atoms with Crippen molar-refractivity contribution in [2.75, 3.05) is 6.54 Å². The fourth-order valence-corrected chi connectivity index (χ4v) is 3.47. The lowest BCUT2D eigenvalue weighted by molar-refractivity contribution is 0.293.